The van der Waals surface area contributed by atoms with Gasteiger partial charge < -0.3 is 4.74 Å². The van der Waals surface area contributed by atoms with E-state index in [4.69, 9.17) is 4.74 Å². The van der Waals surface area contributed by atoms with E-state index >= 15 is 0 Å². The summed E-state index contributed by atoms with van der Waals surface area (Å²) in [4.78, 5) is 12.6. The Bertz CT molecular complexity index is 710. The van der Waals surface area contributed by atoms with Crippen molar-refractivity contribution in [2.45, 2.75) is 52.1 Å². The quantitative estimate of drug-likeness (QED) is 0.665. The molecule has 21 heavy (non-hydrogen) atoms. The summed E-state index contributed by atoms with van der Waals surface area (Å²) in [6.07, 6.45) is 4.04. The molecule has 1 aromatic heterocycles. The molecule has 1 aromatic carbocycles. The first-order valence-electron chi connectivity index (χ1n) is 7.42. The normalized spacial score (nSPS) is 15.0. The number of carbonyl (C=O) groups is 1. The molecule has 2 aromatic rings. The molecule has 1 aliphatic carbocycles. The molecule has 1 aliphatic rings. The highest BCUT2D eigenvalue weighted by atomic mass is 79.9. The van der Waals surface area contributed by atoms with Crippen LogP contribution in [0.25, 0.3) is 10.9 Å². The van der Waals surface area contributed by atoms with Gasteiger partial charge in [-0.15, -0.1) is 0 Å². The fourth-order valence-electron chi connectivity index (χ4n) is 3.03. The molecule has 0 unspecified atom stereocenters. The number of fused-ring (bicyclic) bond motifs is 3. The Hall–Kier alpha value is -1.29. The van der Waals surface area contributed by atoms with Gasteiger partial charge in [-0.1, -0.05) is 22.0 Å². The maximum absolute atomic E-state index is 12.6. The van der Waals surface area contributed by atoms with Crippen LogP contribution < -0.4 is 0 Å². The Kier molecular flexibility index (Phi) is 3.60. The second-order valence-electron chi connectivity index (χ2n) is 6.61. The Labute approximate surface area is 133 Å². The Balaban J connectivity index is 2.20. The van der Waals surface area contributed by atoms with Crippen LogP contribution in [0, 0.1) is 0 Å². The Morgan fingerprint density at radius 3 is 2.67 bits per heavy atom. The fourth-order valence-corrected chi connectivity index (χ4v) is 3.38. The van der Waals surface area contributed by atoms with E-state index in [1.807, 2.05) is 32.9 Å². The lowest BCUT2D eigenvalue weighted by Crippen LogP contribution is -2.28. The fraction of sp³-hybridized carbons (Fsp3) is 0.471. The van der Waals surface area contributed by atoms with E-state index in [1.165, 1.54) is 17.4 Å². The number of rotatable bonds is 0. The van der Waals surface area contributed by atoms with Crippen LogP contribution >= 0.6 is 15.9 Å². The van der Waals surface area contributed by atoms with E-state index in [1.54, 1.807) is 4.57 Å². The van der Waals surface area contributed by atoms with E-state index in [0.717, 1.165) is 34.9 Å². The van der Waals surface area contributed by atoms with Crippen molar-refractivity contribution in [2.75, 3.05) is 0 Å². The number of hydrogen-bond acceptors (Lipinski definition) is 2. The minimum absolute atomic E-state index is 0.270. The van der Waals surface area contributed by atoms with Gasteiger partial charge in [0.15, 0.2) is 0 Å². The molecule has 0 saturated carbocycles. The van der Waals surface area contributed by atoms with E-state index in [-0.39, 0.29) is 6.09 Å². The summed E-state index contributed by atoms with van der Waals surface area (Å²) in [7, 11) is 0. The zero-order valence-electron chi connectivity index (χ0n) is 12.7. The molecule has 0 amide bonds. The van der Waals surface area contributed by atoms with Crippen LogP contribution in [0.2, 0.25) is 0 Å². The van der Waals surface area contributed by atoms with E-state index in [0.29, 0.717) is 0 Å². The summed E-state index contributed by atoms with van der Waals surface area (Å²) in [6.45, 7) is 5.71. The number of hydrogen-bond donors (Lipinski definition) is 0. The van der Waals surface area contributed by atoms with Crippen molar-refractivity contribution in [3.05, 3.63) is 33.9 Å². The SMILES string of the molecule is CC(C)(C)OC(=O)n1c2c(c3ccc(Br)cc31)CCCC2. The third-order valence-electron chi connectivity index (χ3n) is 3.81. The minimum Gasteiger partial charge on any atom is -0.443 e. The number of carbonyl (C=O) groups excluding carboxylic acids is 1. The standard InChI is InChI=1S/C17H20BrNO2/c1-17(2,3)21-16(20)19-14-7-5-4-6-12(14)13-9-8-11(18)10-15(13)19/h8-10H,4-7H2,1-3H3. The van der Waals surface area contributed by atoms with Gasteiger partial charge >= 0.3 is 6.09 Å². The summed E-state index contributed by atoms with van der Waals surface area (Å²) in [6, 6.07) is 6.15. The van der Waals surface area contributed by atoms with Gasteiger partial charge in [0, 0.05) is 15.6 Å². The van der Waals surface area contributed by atoms with Gasteiger partial charge in [-0.3, -0.25) is 0 Å². The molecule has 0 radical (unpaired) electrons. The molecule has 0 aliphatic heterocycles. The van der Waals surface area contributed by atoms with Crippen LogP contribution in [0.4, 0.5) is 4.79 Å². The molecular weight excluding hydrogens is 330 g/mol. The van der Waals surface area contributed by atoms with E-state index in [9.17, 15) is 4.79 Å². The zero-order chi connectivity index (χ0) is 15.2. The first-order chi connectivity index (χ1) is 9.87. The van der Waals surface area contributed by atoms with E-state index in [2.05, 4.69) is 22.0 Å². The first-order valence-corrected chi connectivity index (χ1v) is 8.21. The molecule has 1 heterocycles. The molecule has 0 atom stereocenters. The third-order valence-corrected chi connectivity index (χ3v) is 4.30. The highest BCUT2D eigenvalue weighted by Gasteiger charge is 2.26. The van der Waals surface area contributed by atoms with Crippen molar-refractivity contribution >= 4 is 32.9 Å². The van der Waals surface area contributed by atoms with Crippen LogP contribution in [0.3, 0.4) is 0 Å². The molecule has 3 nitrogen and oxygen atoms in total. The summed E-state index contributed by atoms with van der Waals surface area (Å²) >= 11 is 3.50. The van der Waals surface area contributed by atoms with Gasteiger partial charge in [0.25, 0.3) is 0 Å². The Morgan fingerprint density at radius 1 is 1.24 bits per heavy atom. The first kappa shape index (κ1) is 14.6. The van der Waals surface area contributed by atoms with Crippen molar-refractivity contribution in [3.8, 4) is 0 Å². The minimum atomic E-state index is -0.485. The molecule has 0 spiro atoms. The summed E-state index contributed by atoms with van der Waals surface area (Å²) in [5, 5.41) is 1.18. The maximum atomic E-state index is 12.6. The predicted octanol–water partition coefficient (Wildman–Crippen LogP) is 5.07. The molecule has 0 bridgehead atoms. The number of nitrogens with zero attached hydrogens (tertiary/aromatic N) is 1. The molecule has 3 rings (SSSR count). The molecule has 0 saturated heterocycles. The summed E-state index contributed by atoms with van der Waals surface area (Å²) in [5.74, 6) is 0. The highest BCUT2D eigenvalue weighted by Crippen LogP contribution is 2.34. The lowest BCUT2D eigenvalue weighted by atomic mass is 9.96. The number of ether oxygens (including phenoxy) is 1. The number of halogens is 1. The average Bonchev–Trinajstić information content (AvgIpc) is 2.70. The van der Waals surface area contributed by atoms with Gasteiger partial charge in [-0.05, 0) is 64.2 Å². The molecule has 112 valence electrons. The third kappa shape index (κ3) is 2.73. The van der Waals surface area contributed by atoms with Gasteiger partial charge in [0.1, 0.15) is 5.60 Å². The Morgan fingerprint density at radius 2 is 1.95 bits per heavy atom. The van der Waals surface area contributed by atoms with Crippen LogP contribution in [0.1, 0.15) is 44.9 Å². The van der Waals surface area contributed by atoms with Crippen molar-refractivity contribution in [3.63, 3.8) is 0 Å². The lowest BCUT2D eigenvalue weighted by Gasteiger charge is -2.22. The van der Waals surface area contributed by atoms with Gasteiger partial charge in [0.05, 0.1) is 5.52 Å². The molecular formula is C17H20BrNO2. The van der Waals surface area contributed by atoms with Crippen LogP contribution in [0.15, 0.2) is 22.7 Å². The topological polar surface area (TPSA) is 31.2 Å². The molecule has 4 heteroatoms. The van der Waals surface area contributed by atoms with Crippen LogP contribution in [0.5, 0.6) is 0 Å². The van der Waals surface area contributed by atoms with Gasteiger partial charge in [-0.2, -0.15) is 0 Å². The molecule has 0 N–H and O–H groups in total. The smallest absolute Gasteiger partial charge is 0.419 e. The number of aromatic nitrogens is 1. The highest BCUT2D eigenvalue weighted by molar-refractivity contribution is 9.10. The predicted molar refractivity (Wildman–Crippen MR) is 87.9 cm³/mol. The summed E-state index contributed by atoms with van der Waals surface area (Å²) < 4.78 is 8.36. The van der Waals surface area contributed by atoms with Crippen LogP contribution in [-0.4, -0.2) is 16.3 Å². The lowest BCUT2D eigenvalue weighted by molar-refractivity contribution is 0.0539. The van der Waals surface area contributed by atoms with Crippen molar-refractivity contribution in [1.29, 1.82) is 0 Å². The van der Waals surface area contributed by atoms with E-state index < -0.39 is 5.60 Å². The largest absolute Gasteiger partial charge is 0.443 e. The number of aryl methyl sites for hydroxylation is 1. The molecule has 0 fully saturated rings. The van der Waals surface area contributed by atoms with Crippen LogP contribution in [-0.2, 0) is 17.6 Å². The maximum Gasteiger partial charge on any atom is 0.419 e. The van der Waals surface area contributed by atoms with Crippen molar-refractivity contribution in [2.24, 2.45) is 0 Å². The number of benzene rings is 1. The van der Waals surface area contributed by atoms with Gasteiger partial charge in [0.2, 0.25) is 0 Å². The van der Waals surface area contributed by atoms with Crippen molar-refractivity contribution < 1.29 is 9.53 Å². The average molecular weight is 350 g/mol. The summed E-state index contributed by atoms with van der Waals surface area (Å²) in [5.41, 5.74) is 2.91. The van der Waals surface area contributed by atoms with Crippen molar-refractivity contribution in [1.82, 2.24) is 4.57 Å². The van der Waals surface area contributed by atoms with Gasteiger partial charge in [-0.25, -0.2) is 9.36 Å². The monoisotopic (exact) mass is 349 g/mol. The second kappa shape index (κ2) is 5.16. The zero-order valence-corrected chi connectivity index (χ0v) is 14.3. The second-order valence-corrected chi connectivity index (χ2v) is 7.53.